The fraction of sp³-hybridized carbons (Fsp3) is 0.250. The fourth-order valence-electron chi connectivity index (χ4n) is 4.59. The van der Waals surface area contributed by atoms with E-state index in [2.05, 4.69) is 10.6 Å². The topological polar surface area (TPSA) is 148 Å². The lowest BCUT2D eigenvalue weighted by molar-refractivity contribution is -0.150. The largest absolute Gasteiger partial charge is 0.454 e. The normalized spacial score (nSPS) is 12.8. The van der Waals surface area contributed by atoms with E-state index in [9.17, 15) is 28.8 Å². The van der Waals surface area contributed by atoms with Crippen molar-refractivity contribution in [2.45, 2.75) is 39.7 Å². The Hall–Kier alpha value is -5.32. The van der Waals surface area contributed by atoms with Crippen molar-refractivity contribution >= 4 is 46.9 Å². The number of hydrogen-bond donors (Lipinski definition) is 2. The molecule has 43 heavy (non-hydrogen) atoms. The van der Waals surface area contributed by atoms with Gasteiger partial charge in [-0.25, -0.2) is 9.59 Å². The molecule has 11 nitrogen and oxygen atoms in total. The Kier molecular flexibility index (Phi) is 9.66. The molecule has 3 aromatic carbocycles. The summed E-state index contributed by atoms with van der Waals surface area (Å²) in [5, 5.41) is 5.37. The number of ether oxygens (including phenoxy) is 2. The predicted molar refractivity (Wildman–Crippen MR) is 157 cm³/mol. The van der Waals surface area contributed by atoms with Crippen molar-refractivity contribution < 1.29 is 38.2 Å². The van der Waals surface area contributed by atoms with Crippen LogP contribution in [0, 0.1) is 0 Å². The van der Waals surface area contributed by atoms with Crippen LogP contribution in [0.4, 0.5) is 11.4 Å². The van der Waals surface area contributed by atoms with E-state index in [1.807, 2.05) is 38.1 Å². The number of fused-ring (bicyclic) bond motifs is 1. The number of carbonyl (C=O) groups is 6. The van der Waals surface area contributed by atoms with Crippen LogP contribution in [0.1, 0.15) is 63.0 Å². The molecule has 2 N–H and O–H groups in total. The number of imide groups is 1. The summed E-state index contributed by atoms with van der Waals surface area (Å²) < 4.78 is 10.2. The molecule has 1 unspecified atom stereocenters. The average Bonchev–Trinajstić information content (AvgIpc) is 3.27. The summed E-state index contributed by atoms with van der Waals surface area (Å²) in [6, 6.07) is 16.9. The van der Waals surface area contributed by atoms with Gasteiger partial charge in [0.05, 0.1) is 16.7 Å². The van der Waals surface area contributed by atoms with Gasteiger partial charge < -0.3 is 20.1 Å². The molecule has 222 valence electrons. The van der Waals surface area contributed by atoms with E-state index >= 15 is 0 Å². The van der Waals surface area contributed by atoms with Crippen LogP contribution in [-0.4, -0.2) is 59.7 Å². The number of hydrogen-bond acceptors (Lipinski definition) is 8. The molecule has 0 fully saturated rings. The minimum absolute atomic E-state index is 0.0102. The van der Waals surface area contributed by atoms with Gasteiger partial charge >= 0.3 is 11.9 Å². The van der Waals surface area contributed by atoms with Gasteiger partial charge in [0, 0.05) is 11.4 Å². The number of aryl methyl sites for hydroxylation is 2. The molecule has 0 aliphatic carbocycles. The summed E-state index contributed by atoms with van der Waals surface area (Å²) in [5.74, 6) is -4.50. The SMILES string of the molecule is CCc1ccccc1NC(=O)COC(=O)c1ccc2c(c1)C(=O)N(C(C)C(=O)OCC(=O)Nc1ccccc1CC)C2=O. The van der Waals surface area contributed by atoms with E-state index < -0.39 is 54.8 Å². The quantitative estimate of drug-likeness (QED) is 0.255. The Morgan fingerprint density at radius 1 is 0.721 bits per heavy atom. The number of nitrogens with zero attached hydrogens (tertiary/aromatic N) is 1. The van der Waals surface area contributed by atoms with E-state index in [0.717, 1.165) is 11.1 Å². The third-order valence-corrected chi connectivity index (χ3v) is 6.91. The van der Waals surface area contributed by atoms with E-state index in [-0.39, 0.29) is 16.7 Å². The van der Waals surface area contributed by atoms with Gasteiger partial charge in [-0.3, -0.25) is 24.1 Å². The van der Waals surface area contributed by atoms with Gasteiger partial charge in [-0.1, -0.05) is 50.2 Å². The highest BCUT2D eigenvalue weighted by Gasteiger charge is 2.42. The van der Waals surface area contributed by atoms with E-state index in [1.165, 1.54) is 25.1 Å². The number of carbonyl (C=O) groups excluding carboxylic acids is 6. The van der Waals surface area contributed by atoms with Crippen LogP contribution >= 0.6 is 0 Å². The van der Waals surface area contributed by atoms with Gasteiger partial charge in [0.15, 0.2) is 13.2 Å². The molecule has 1 heterocycles. The lowest BCUT2D eigenvalue weighted by Crippen LogP contribution is -2.44. The van der Waals surface area contributed by atoms with Crippen molar-refractivity contribution in [2.24, 2.45) is 0 Å². The zero-order valence-corrected chi connectivity index (χ0v) is 24.0. The Morgan fingerprint density at radius 3 is 1.79 bits per heavy atom. The molecule has 1 aliphatic rings. The maximum absolute atomic E-state index is 13.1. The Labute approximate surface area is 248 Å². The van der Waals surface area contributed by atoms with Crippen molar-refractivity contribution in [3.8, 4) is 0 Å². The second-order valence-corrected chi connectivity index (χ2v) is 9.72. The highest BCUT2D eigenvalue weighted by Crippen LogP contribution is 2.27. The van der Waals surface area contributed by atoms with Crippen LogP contribution in [0.2, 0.25) is 0 Å². The number of benzene rings is 3. The Balaban J connectivity index is 1.34. The van der Waals surface area contributed by atoms with Crippen LogP contribution < -0.4 is 10.6 Å². The first-order chi connectivity index (χ1) is 20.6. The summed E-state index contributed by atoms with van der Waals surface area (Å²) in [7, 11) is 0. The van der Waals surface area contributed by atoms with E-state index in [1.54, 1.807) is 24.3 Å². The van der Waals surface area contributed by atoms with Crippen LogP contribution in [-0.2, 0) is 36.7 Å². The smallest absolute Gasteiger partial charge is 0.338 e. The molecule has 11 heteroatoms. The average molecular weight is 586 g/mol. The number of nitrogens with one attached hydrogen (secondary N) is 2. The number of para-hydroxylation sites is 2. The molecule has 4 rings (SSSR count). The molecule has 0 radical (unpaired) electrons. The third-order valence-electron chi connectivity index (χ3n) is 6.91. The molecule has 0 saturated carbocycles. The molecular weight excluding hydrogens is 554 g/mol. The van der Waals surface area contributed by atoms with Crippen LogP contribution in [0.5, 0.6) is 0 Å². The second kappa shape index (κ2) is 13.6. The molecule has 0 spiro atoms. The zero-order valence-electron chi connectivity index (χ0n) is 24.0. The summed E-state index contributed by atoms with van der Waals surface area (Å²) in [5.41, 5.74) is 2.87. The molecule has 0 aromatic heterocycles. The highest BCUT2D eigenvalue weighted by atomic mass is 16.5. The summed E-state index contributed by atoms with van der Waals surface area (Å²) >= 11 is 0. The second-order valence-electron chi connectivity index (χ2n) is 9.72. The predicted octanol–water partition coefficient (Wildman–Crippen LogP) is 3.77. The van der Waals surface area contributed by atoms with Gasteiger partial charge in [-0.05, 0) is 61.2 Å². The minimum atomic E-state index is -1.34. The van der Waals surface area contributed by atoms with Crippen molar-refractivity contribution in [3.05, 3.63) is 94.5 Å². The molecule has 0 saturated heterocycles. The molecule has 1 aliphatic heterocycles. The van der Waals surface area contributed by atoms with Crippen LogP contribution in [0.3, 0.4) is 0 Å². The first kappa shape index (κ1) is 30.6. The van der Waals surface area contributed by atoms with Gasteiger partial charge in [0.25, 0.3) is 23.6 Å². The lowest BCUT2D eigenvalue weighted by Gasteiger charge is -2.20. The summed E-state index contributed by atoms with van der Waals surface area (Å²) in [6.45, 7) is 4.02. The van der Waals surface area contributed by atoms with Crippen molar-refractivity contribution in [1.82, 2.24) is 4.90 Å². The Bertz CT molecular complexity index is 1600. The maximum atomic E-state index is 13.1. The molecule has 1 atom stereocenters. The first-order valence-electron chi connectivity index (χ1n) is 13.8. The lowest BCUT2D eigenvalue weighted by atomic mass is 10.1. The molecule has 3 aromatic rings. The van der Waals surface area contributed by atoms with Gasteiger partial charge in [-0.2, -0.15) is 0 Å². The van der Waals surface area contributed by atoms with Gasteiger partial charge in [0.1, 0.15) is 6.04 Å². The van der Waals surface area contributed by atoms with E-state index in [4.69, 9.17) is 9.47 Å². The highest BCUT2D eigenvalue weighted by molar-refractivity contribution is 6.23. The number of anilines is 2. The monoisotopic (exact) mass is 585 g/mol. The molecule has 0 bridgehead atoms. The first-order valence-corrected chi connectivity index (χ1v) is 13.8. The van der Waals surface area contributed by atoms with Crippen LogP contribution in [0.15, 0.2) is 66.7 Å². The minimum Gasteiger partial charge on any atom is -0.454 e. The number of rotatable bonds is 11. The van der Waals surface area contributed by atoms with Crippen molar-refractivity contribution in [2.75, 3.05) is 23.8 Å². The molecule has 4 amide bonds. The maximum Gasteiger partial charge on any atom is 0.338 e. The molecular formula is C32H31N3O8. The standard InChI is InChI=1S/C32H31N3O8/c1-4-20-10-6-8-12-25(20)33-27(36)17-42-31(40)19(3)35-29(38)23-15-14-22(16-24(23)30(35)39)32(41)43-18-28(37)34-26-13-9-7-11-21(26)5-2/h6-16,19H,4-5,17-18H2,1-3H3,(H,33,36)(H,34,37). The third kappa shape index (κ3) is 6.95. The summed E-state index contributed by atoms with van der Waals surface area (Å²) in [6.07, 6.45) is 1.39. The number of esters is 2. The van der Waals surface area contributed by atoms with E-state index in [0.29, 0.717) is 29.1 Å². The summed E-state index contributed by atoms with van der Waals surface area (Å²) in [4.78, 5) is 76.8. The van der Waals surface area contributed by atoms with Crippen LogP contribution in [0.25, 0.3) is 0 Å². The Morgan fingerprint density at radius 2 is 1.23 bits per heavy atom. The van der Waals surface area contributed by atoms with Gasteiger partial charge in [0.2, 0.25) is 0 Å². The van der Waals surface area contributed by atoms with Crippen molar-refractivity contribution in [1.29, 1.82) is 0 Å². The van der Waals surface area contributed by atoms with Gasteiger partial charge in [-0.15, -0.1) is 0 Å². The zero-order chi connectivity index (χ0) is 31.1. The van der Waals surface area contributed by atoms with Crippen molar-refractivity contribution in [3.63, 3.8) is 0 Å². The fourth-order valence-corrected chi connectivity index (χ4v) is 4.59. The number of amides is 4.